The molecule has 0 amide bonds. The van der Waals surface area contributed by atoms with Crippen molar-refractivity contribution in [2.75, 3.05) is 5.88 Å². The van der Waals surface area contributed by atoms with Gasteiger partial charge in [-0.2, -0.15) is 13.2 Å². The van der Waals surface area contributed by atoms with E-state index in [4.69, 9.17) is 11.6 Å². The molecule has 0 aromatic heterocycles. The zero-order chi connectivity index (χ0) is 15.4. The van der Waals surface area contributed by atoms with Gasteiger partial charge in [-0.3, -0.25) is 0 Å². The molecule has 2 atom stereocenters. The molecule has 0 fully saturated rings. The highest BCUT2D eigenvalue weighted by molar-refractivity contribution is 6.18. The first kappa shape index (κ1) is 14.5. The summed E-state index contributed by atoms with van der Waals surface area (Å²) in [5, 5.41) is 10.5. The van der Waals surface area contributed by atoms with Gasteiger partial charge in [0.15, 0.2) is 0 Å². The molecule has 0 bridgehead atoms. The number of alkyl halides is 4. The van der Waals surface area contributed by atoms with E-state index in [2.05, 4.69) is 0 Å². The third-order valence-corrected chi connectivity index (χ3v) is 4.65. The van der Waals surface area contributed by atoms with Crippen LogP contribution in [-0.4, -0.2) is 11.0 Å². The molecule has 2 aromatic rings. The van der Waals surface area contributed by atoms with Crippen LogP contribution in [0.4, 0.5) is 13.2 Å². The molecule has 0 aliphatic heterocycles. The van der Waals surface area contributed by atoms with E-state index < -0.39 is 11.7 Å². The average molecular weight is 315 g/mol. The first-order valence-electron chi connectivity index (χ1n) is 6.76. The van der Waals surface area contributed by atoms with Crippen molar-refractivity contribution in [3.8, 4) is 5.75 Å². The van der Waals surface area contributed by atoms with Crippen molar-refractivity contribution in [1.82, 2.24) is 0 Å². The van der Waals surface area contributed by atoms with Gasteiger partial charge in [0.05, 0.1) is 5.56 Å². The highest BCUT2D eigenvalue weighted by atomic mass is 35.5. The van der Waals surface area contributed by atoms with Crippen LogP contribution in [0.5, 0.6) is 5.75 Å². The Morgan fingerprint density at radius 1 is 1.33 bits per heavy atom. The molecule has 1 aliphatic carbocycles. The average Bonchev–Trinajstić information content (AvgIpc) is 2.74. The smallest absolute Gasteiger partial charge is 0.417 e. The molecule has 112 valence electrons. The van der Waals surface area contributed by atoms with Crippen molar-refractivity contribution in [2.24, 2.45) is 0 Å². The third kappa shape index (κ3) is 2.16. The van der Waals surface area contributed by atoms with Crippen molar-refractivity contribution in [2.45, 2.75) is 31.4 Å². The van der Waals surface area contributed by atoms with E-state index in [9.17, 15) is 18.3 Å². The van der Waals surface area contributed by atoms with Crippen LogP contribution in [0.15, 0.2) is 24.3 Å². The van der Waals surface area contributed by atoms with E-state index in [-0.39, 0.29) is 34.2 Å². The van der Waals surface area contributed by atoms with Gasteiger partial charge in [0.2, 0.25) is 0 Å². The van der Waals surface area contributed by atoms with Gasteiger partial charge in [-0.1, -0.05) is 19.1 Å². The topological polar surface area (TPSA) is 20.2 Å². The van der Waals surface area contributed by atoms with E-state index in [0.29, 0.717) is 12.0 Å². The van der Waals surface area contributed by atoms with Crippen LogP contribution in [0.3, 0.4) is 0 Å². The number of hydrogen-bond acceptors (Lipinski definition) is 1. The largest absolute Gasteiger partial charge is 0.507 e. The lowest BCUT2D eigenvalue weighted by Crippen LogP contribution is -2.08. The number of fused-ring (bicyclic) bond motifs is 3. The lowest BCUT2D eigenvalue weighted by molar-refractivity contribution is -0.136. The van der Waals surface area contributed by atoms with Crippen LogP contribution >= 0.6 is 11.6 Å². The van der Waals surface area contributed by atoms with Gasteiger partial charge in [0, 0.05) is 16.7 Å². The molecular weight excluding hydrogens is 301 g/mol. The summed E-state index contributed by atoms with van der Waals surface area (Å²) < 4.78 is 40.0. The van der Waals surface area contributed by atoms with Crippen molar-refractivity contribution in [3.05, 3.63) is 41.0 Å². The van der Waals surface area contributed by atoms with Crippen molar-refractivity contribution < 1.29 is 18.3 Å². The quantitative estimate of drug-likeness (QED) is 0.699. The molecular formula is C16H14ClF3O. The molecule has 1 nitrogen and oxygen atoms in total. The number of phenolic OH excluding ortho intramolecular Hbond substituents is 1. The second-order valence-electron chi connectivity index (χ2n) is 5.61. The Bertz CT molecular complexity index is 709. The maximum absolute atomic E-state index is 13.3. The number of aromatic hydroxyl groups is 1. The lowest BCUT2D eigenvalue weighted by Gasteiger charge is -2.18. The Morgan fingerprint density at radius 2 is 2.05 bits per heavy atom. The Labute approximate surface area is 125 Å². The van der Waals surface area contributed by atoms with Crippen LogP contribution in [0.1, 0.15) is 41.9 Å². The van der Waals surface area contributed by atoms with Gasteiger partial charge >= 0.3 is 6.18 Å². The minimum atomic E-state index is -4.45. The van der Waals surface area contributed by atoms with E-state index >= 15 is 0 Å². The fourth-order valence-electron chi connectivity index (χ4n) is 3.40. The van der Waals surface area contributed by atoms with Crippen LogP contribution in [0.2, 0.25) is 0 Å². The lowest BCUT2D eigenvalue weighted by atomic mass is 9.91. The number of rotatable bonds is 1. The Morgan fingerprint density at radius 3 is 2.67 bits per heavy atom. The normalized spacial score (nSPS) is 21.8. The molecule has 0 heterocycles. The monoisotopic (exact) mass is 314 g/mol. The Hall–Kier alpha value is -1.42. The van der Waals surface area contributed by atoms with Gasteiger partial charge in [0.1, 0.15) is 5.75 Å². The number of halogens is 4. The molecule has 0 radical (unpaired) electrons. The highest BCUT2D eigenvalue weighted by Gasteiger charge is 2.37. The van der Waals surface area contributed by atoms with Crippen LogP contribution in [-0.2, 0) is 6.18 Å². The second-order valence-corrected chi connectivity index (χ2v) is 5.92. The molecule has 2 unspecified atom stereocenters. The predicted octanol–water partition coefficient (Wildman–Crippen LogP) is 5.39. The summed E-state index contributed by atoms with van der Waals surface area (Å²) in [6.07, 6.45) is -3.74. The van der Waals surface area contributed by atoms with E-state index in [1.165, 1.54) is 12.1 Å². The summed E-state index contributed by atoms with van der Waals surface area (Å²) in [5.41, 5.74) is 0.733. The van der Waals surface area contributed by atoms with Gasteiger partial charge in [-0.15, -0.1) is 11.6 Å². The molecule has 0 spiro atoms. The third-order valence-electron chi connectivity index (χ3n) is 4.28. The SMILES string of the molecule is CC1CC(CCl)c2c1cc(O)c1cccc(C(F)(F)F)c21. The van der Waals surface area contributed by atoms with Gasteiger partial charge in [-0.25, -0.2) is 0 Å². The summed E-state index contributed by atoms with van der Waals surface area (Å²) in [6.45, 7) is 1.95. The number of benzene rings is 2. The fourth-order valence-corrected chi connectivity index (χ4v) is 3.68. The minimum Gasteiger partial charge on any atom is -0.507 e. The van der Waals surface area contributed by atoms with Gasteiger partial charge < -0.3 is 5.11 Å². The zero-order valence-electron chi connectivity index (χ0n) is 11.3. The standard InChI is InChI=1S/C16H14ClF3O/c1-8-5-9(7-17)14-11(8)6-13(21)10-3-2-4-12(15(10)14)16(18,19)20/h2-4,6,8-9,21H,5,7H2,1H3. The highest BCUT2D eigenvalue weighted by Crippen LogP contribution is 2.50. The molecule has 1 N–H and O–H groups in total. The van der Waals surface area contributed by atoms with Crippen LogP contribution < -0.4 is 0 Å². The van der Waals surface area contributed by atoms with E-state index in [1.54, 1.807) is 6.07 Å². The van der Waals surface area contributed by atoms with Crippen molar-refractivity contribution >= 4 is 22.4 Å². The van der Waals surface area contributed by atoms with Crippen LogP contribution in [0.25, 0.3) is 10.8 Å². The van der Waals surface area contributed by atoms with Crippen molar-refractivity contribution in [3.63, 3.8) is 0 Å². The molecule has 21 heavy (non-hydrogen) atoms. The molecule has 3 rings (SSSR count). The predicted molar refractivity (Wildman–Crippen MR) is 77.1 cm³/mol. The van der Waals surface area contributed by atoms with Gasteiger partial charge in [-0.05, 0) is 41.5 Å². The Balaban J connectivity index is 2.46. The molecule has 2 aromatic carbocycles. The van der Waals surface area contributed by atoms with Gasteiger partial charge in [0.25, 0.3) is 0 Å². The Kier molecular flexibility index (Phi) is 3.32. The number of hydrogen-bond donors (Lipinski definition) is 1. The maximum atomic E-state index is 13.3. The van der Waals surface area contributed by atoms with E-state index in [0.717, 1.165) is 11.6 Å². The maximum Gasteiger partial charge on any atom is 0.417 e. The molecule has 5 heteroatoms. The summed E-state index contributed by atoms with van der Waals surface area (Å²) in [7, 11) is 0. The summed E-state index contributed by atoms with van der Waals surface area (Å²) in [4.78, 5) is 0. The molecule has 0 saturated carbocycles. The first-order chi connectivity index (χ1) is 9.84. The zero-order valence-corrected chi connectivity index (χ0v) is 12.1. The van der Waals surface area contributed by atoms with Crippen molar-refractivity contribution in [1.29, 1.82) is 0 Å². The number of phenols is 1. The first-order valence-corrected chi connectivity index (χ1v) is 7.29. The summed E-state index contributed by atoms with van der Waals surface area (Å²) in [6, 6.07) is 5.51. The summed E-state index contributed by atoms with van der Waals surface area (Å²) >= 11 is 5.96. The van der Waals surface area contributed by atoms with E-state index in [1.807, 2.05) is 6.92 Å². The fraction of sp³-hybridized carbons (Fsp3) is 0.375. The molecule has 1 aliphatic rings. The second kappa shape index (κ2) is 4.80. The summed E-state index contributed by atoms with van der Waals surface area (Å²) in [5.74, 6) is 0.171. The molecule has 0 saturated heterocycles. The van der Waals surface area contributed by atoms with Crippen LogP contribution in [0, 0.1) is 0 Å². The minimum absolute atomic E-state index is 0.0975.